The number of hydrogen-bond donors (Lipinski definition) is 0. The van der Waals surface area contributed by atoms with Crippen molar-refractivity contribution in [3.63, 3.8) is 0 Å². The van der Waals surface area contributed by atoms with Crippen molar-refractivity contribution in [2.75, 3.05) is 6.54 Å². The number of amides is 1. The highest BCUT2D eigenvalue weighted by atomic mass is 32.2. The third-order valence-corrected chi connectivity index (χ3v) is 7.05. The van der Waals surface area contributed by atoms with Crippen molar-refractivity contribution in [2.45, 2.75) is 63.8 Å². The van der Waals surface area contributed by atoms with Crippen molar-refractivity contribution in [2.24, 2.45) is 11.8 Å². The molecule has 1 aliphatic carbocycles. The van der Waals surface area contributed by atoms with Crippen LogP contribution in [0.3, 0.4) is 0 Å². The van der Waals surface area contributed by atoms with Crippen LogP contribution in [0.15, 0.2) is 53.4 Å². The first-order valence-electron chi connectivity index (χ1n) is 11.3. The van der Waals surface area contributed by atoms with E-state index < -0.39 is 15.9 Å². The Morgan fingerprint density at radius 1 is 1.06 bits per heavy atom. The summed E-state index contributed by atoms with van der Waals surface area (Å²) in [5.74, 6) is 0.858. The van der Waals surface area contributed by atoms with Gasteiger partial charge in [0, 0.05) is 19.5 Å². The number of carbonyl (C=O) groups is 1. The zero-order valence-electron chi connectivity index (χ0n) is 18.8. The van der Waals surface area contributed by atoms with Gasteiger partial charge in [-0.1, -0.05) is 51.7 Å². The lowest BCUT2D eigenvalue weighted by Gasteiger charge is -2.25. The summed E-state index contributed by atoms with van der Waals surface area (Å²) in [5.41, 5.74) is 0.909. The highest BCUT2D eigenvalue weighted by molar-refractivity contribution is 7.87. The molecule has 32 heavy (non-hydrogen) atoms. The zero-order valence-corrected chi connectivity index (χ0v) is 19.6. The fourth-order valence-electron chi connectivity index (χ4n) is 4.13. The molecule has 0 aliphatic heterocycles. The molecule has 1 aliphatic rings. The summed E-state index contributed by atoms with van der Waals surface area (Å²) >= 11 is 0. The third kappa shape index (κ3) is 7.05. The van der Waals surface area contributed by atoms with Crippen LogP contribution in [0, 0.1) is 17.7 Å². The van der Waals surface area contributed by atoms with Gasteiger partial charge in [-0.2, -0.15) is 8.42 Å². The molecule has 3 rings (SSSR count). The van der Waals surface area contributed by atoms with E-state index in [-0.39, 0.29) is 16.6 Å². The van der Waals surface area contributed by atoms with Gasteiger partial charge in [-0.25, -0.2) is 4.39 Å². The lowest BCUT2D eigenvalue weighted by molar-refractivity contribution is -0.132. The predicted octanol–water partition coefficient (Wildman–Crippen LogP) is 5.55. The first-order valence-corrected chi connectivity index (χ1v) is 12.7. The largest absolute Gasteiger partial charge is 0.379 e. The number of halogens is 1. The molecule has 0 saturated heterocycles. The minimum Gasteiger partial charge on any atom is -0.379 e. The van der Waals surface area contributed by atoms with E-state index in [1.165, 1.54) is 37.8 Å². The minimum atomic E-state index is -4.04. The van der Waals surface area contributed by atoms with Crippen LogP contribution in [0.1, 0.15) is 57.9 Å². The first-order chi connectivity index (χ1) is 15.2. The van der Waals surface area contributed by atoms with E-state index in [1.807, 2.05) is 4.90 Å². The molecule has 0 aromatic heterocycles. The maximum atomic E-state index is 13.0. The molecule has 7 heteroatoms. The van der Waals surface area contributed by atoms with Crippen LogP contribution >= 0.6 is 0 Å². The molecule has 1 fully saturated rings. The number of hydrogen-bond acceptors (Lipinski definition) is 4. The maximum absolute atomic E-state index is 13.0. The van der Waals surface area contributed by atoms with Crippen LogP contribution in [0.5, 0.6) is 5.75 Å². The predicted molar refractivity (Wildman–Crippen MR) is 122 cm³/mol. The first kappa shape index (κ1) is 24.2. The van der Waals surface area contributed by atoms with Gasteiger partial charge >= 0.3 is 10.1 Å². The molecule has 5 nitrogen and oxygen atoms in total. The number of rotatable bonds is 10. The highest BCUT2D eigenvalue weighted by Gasteiger charge is 2.21. The Balaban J connectivity index is 1.62. The van der Waals surface area contributed by atoms with Crippen LogP contribution in [0.2, 0.25) is 0 Å². The normalized spacial score (nSPS) is 14.6. The Morgan fingerprint density at radius 2 is 1.69 bits per heavy atom. The van der Waals surface area contributed by atoms with Crippen LogP contribution in [-0.4, -0.2) is 25.8 Å². The smallest absolute Gasteiger partial charge is 0.339 e. The fourth-order valence-corrected chi connectivity index (χ4v) is 5.06. The van der Waals surface area contributed by atoms with E-state index in [4.69, 9.17) is 4.18 Å². The summed E-state index contributed by atoms with van der Waals surface area (Å²) in [6.45, 7) is 5.34. The molecule has 2 aromatic rings. The van der Waals surface area contributed by atoms with E-state index in [0.717, 1.165) is 24.1 Å². The van der Waals surface area contributed by atoms with Gasteiger partial charge in [-0.15, -0.1) is 0 Å². The number of carbonyl (C=O) groups excluding carboxylic acids is 1. The molecule has 0 atom stereocenters. The summed E-state index contributed by atoms with van der Waals surface area (Å²) in [7, 11) is -4.04. The number of nitrogens with zero attached hydrogens (tertiary/aromatic N) is 1. The van der Waals surface area contributed by atoms with Crippen LogP contribution in [0.25, 0.3) is 0 Å². The van der Waals surface area contributed by atoms with Crippen molar-refractivity contribution < 1.29 is 21.8 Å². The van der Waals surface area contributed by atoms with E-state index >= 15 is 0 Å². The van der Waals surface area contributed by atoms with Crippen LogP contribution in [0.4, 0.5) is 4.39 Å². The summed E-state index contributed by atoms with van der Waals surface area (Å²) in [5, 5.41) is 0. The molecule has 0 unspecified atom stereocenters. The number of benzene rings is 2. The SMILES string of the molecule is CC(C)CN(Cc1ccc(OS(=O)(=O)c2ccc(F)cc2)cc1)C(=O)CCC1CCCC1. The average molecular weight is 462 g/mol. The molecular formula is C25H32FNO4S. The van der Waals surface area contributed by atoms with E-state index in [1.54, 1.807) is 24.3 Å². The summed E-state index contributed by atoms with van der Waals surface area (Å²) < 4.78 is 43.0. The Labute approximate surface area is 190 Å². The third-order valence-electron chi connectivity index (χ3n) is 5.78. The summed E-state index contributed by atoms with van der Waals surface area (Å²) in [6.07, 6.45) is 6.56. The quantitative estimate of drug-likeness (QED) is 0.435. The lowest BCUT2D eigenvalue weighted by Crippen LogP contribution is -2.33. The topological polar surface area (TPSA) is 63.7 Å². The summed E-state index contributed by atoms with van der Waals surface area (Å²) in [4.78, 5) is 14.7. The fraction of sp³-hybridized carbons (Fsp3) is 0.480. The molecular weight excluding hydrogens is 429 g/mol. The van der Waals surface area contributed by atoms with Crippen molar-refractivity contribution in [3.05, 3.63) is 59.9 Å². The van der Waals surface area contributed by atoms with Gasteiger partial charge in [0.2, 0.25) is 5.91 Å². The minimum absolute atomic E-state index is 0.112. The van der Waals surface area contributed by atoms with Gasteiger partial charge in [0.25, 0.3) is 0 Å². The van der Waals surface area contributed by atoms with Crippen LogP contribution < -0.4 is 4.18 Å². The Bertz CT molecular complexity index is 982. The Morgan fingerprint density at radius 3 is 2.28 bits per heavy atom. The molecule has 1 saturated carbocycles. The van der Waals surface area contributed by atoms with Gasteiger partial charge < -0.3 is 9.08 Å². The molecule has 0 bridgehead atoms. The monoisotopic (exact) mass is 461 g/mol. The van der Waals surface area contributed by atoms with E-state index in [0.29, 0.717) is 31.3 Å². The van der Waals surface area contributed by atoms with Crippen molar-refractivity contribution in [1.29, 1.82) is 0 Å². The van der Waals surface area contributed by atoms with Crippen LogP contribution in [-0.2, 0) is 21.5 Å². The van der Waals surface area contributed by atoms with Gasteiger partial charge in [0.05, 0.1) is 0 Å². The molecule has 0 radical (unpaired) electrons. The van der Waals surface area contributed by atoms with E-state index in [9.17, 15) is 17.6 Å². The van der Waals surface area contributed by atoms with Crippen molar-refractivity contribution in [3.8, 4) is 5.75 Å². The molecule has 1 amide bonds. The second kappa shape index (κ2) is 10.9. The molecule has 0 heterocycles. The van der Waals surface area contributed by atoms with Crippen molar-refractivity contribution in [1.82, 2.24) is 4.90 Å². The molecule has 0 spiro atoms. The molecule has 0 N–H and O–H groups in total. The second-order valence-electron chi connectivity index (χ2n) is 8.99. The van der Waals surface area contributed by atoms with Gasteiger partial charge in [-0.05, 0) is 60.2 Å². The van der Waals surface area contributed by atoms with Crippen molar-refractivity contribution >= 4 is 16.0 Å². The van der Waals surface area contributed by atoms with Gasteiger partial charge in [0.1, 0.15) is 16.5 Å². The Hall–Kier alpha value is -2.41. The van der Waals surface area contributed by atoms with Gasteiger partial charge in [0.15, 0.2) is 0 Å². The standard InChI is InChI=1S/C25H32FNO4S/c1-19(2)17-27(25(28)16-9-20-5-3-4-6-20)18-21-7-12-23(13-8-21)31-32(29,30)24-14-10-22(26)11-15-24/h7-8,10-15,19-20H,3-6,9,16-18H2,1-2H3. The molecule has 2 aromatic carbocycles. The average Bonchev–Trinajstić information content (AvgIpc) is 3.26. The second-order valence-corrected chi connectivity index (χ2v) is 10.5. The highest BCUT2D eigenvalue weighted by Crippen LogP contribution is 2.29. The Kier molecular flexibility index (Phi) is 8.29. The summed E-state index contributed by atoms with van der Waals surface area (Å²) in [6, 6.07) is 11.2. The zero-order chi connectivity index (χ0) is 23.1. The molecule has 174 valence electrons. The van der Waals surface area contributed by atoms with Gasteiger partial charge in [-0.3, -0.25) is 4.79 Å². The van der Waals surface area contributed by atoms with E-state index in [2.05, 4.69) is 13.8 Å². The lowest BCUT2D eigenvalue weighted by atomic mass is 10.0. The maximum Gasteiger partial charge on any atom is 0.339 e.